The Morgan fingerprint density at radius 2 is 1.73 bits per heavy atom. The molecule has 45 heavy (non-hydrogen) atoms. The number of phenols is 1. The predicted molar refractivity (Wildman–Crippen MR) is 174 cm³/mol. The monoisotopic (exact) mass is 703 g/mol. The number of aromatic amines is 1. The predicted octanol–water partition coefficient (Wildman–Crippen LogP) is 5.60. The molecule has 2 saturated carbocycles. The van der Waals surface area contributed by atoms with E-state index in [-0.39, 0.29) is 69.8 Å². The number of amides is 3. The maximum Gasteiger partial charge on any atom is 0.305 e. The van der Waals surface area contributed by atoms with Crippen LogP contribution in [-0.4, -0.2) is 39.7 Å². The first-order valence-electron chi connectivity index (χ1n) is 14.6. The average molecular weight is 705 g/mol. The third-order valence-electron chi connectivity index (χ3n) is 9.55. The molecule has 2 aliphatic carbocycles. The minimum atomic E-state index is -0.393. The van der Waals surface area contributed by atoms with Crippen molar-refractivity contribution in [2.24, 2.45) is 29.6 Å². The van der Waals surface area contributed by atoms with Crippen LogP contribution in [0.5, 0.6) is 11.5 Å². The van der Waals surface area contributed by atoms with Gasteiger partial charge in [0.2, 0.25) is 11.8 Å². The minimum absolute atomic E-state index is 0.00888. The number of carbonyl (C=O) groups is 3. The first-order chi connectivity index (χ1) is 21.8. The fourth-order valence-corrected chi connectivity index (χ4v) is 11.1. The summed E-state index contributed by atoms with van der Waals surface area (Å²) in [6, 6.07) is 21.1. The van der Waals surface area contributed by atoms with Gasteiger partial charge in [-0.05, 0) is 90.4 Å². The second kappa shape index (κ2) is 10.9. The summed E-state index contributed by atoms with van der Waals surface area (Å²) in [7, 11) is 0. The van der Waals surface area contributed by atoms with E-state index in [4.69, 9.17) is 4.74 Å². The molecule has 3 heterocycles. The Hall–Kier alpha value is -3.87. The number of carbonyl (C=O) groups excluding carboxylic acids is 3. The van der Waals surface area contributed by atoms with Gasteiger partial charge in [-0.3, -0.25) is 24.1 Å². The Morgan fingerprint density at radius 1 is 1.00 bits per heavy atom. The third-order valence-corrected chi connectivity index (χ3v) is 12.7. The largest absolute Gasteiger partial charge is 0.508 e. The number of anilines is 2. The van der Waals surface area contributed by atoms with Gasteiger partial charge in [0.15, 0.2) is 6.61 Å². The van der Waals surface area contributed by atoms with Crippen LogP contribution in [0.1, 0.15) is 22.8 Å². The molecule has 3 aromatic carbocycles. The second-order valence-electron chi connectivity index (χ2n) is 11.9. The zero-order valence-corrected chi connectivity index (χ0v) is 26.7. The van der Waals surface area contributed by atoms with E-state index < -0.39 is 5.92 Å². The van der Waals surface area contributed by atoms with Crippen molar-refractivity contribution in [3.63, 3.8) is 0 Å². The standard InChI is InChI=1S/C33H26BrN3O6S2/c34-16-4-8-18(9-5-16)37-31(40)26-21-13-22(27(26)32(37)41)28-25(21)24(29-30(44-28)36-33(42)45-29)15-2-1-3-20(12-15)43-14-23(39)35-17-6-10-19(38)11-7-17/h1-12,21-22,24-28,38H,13-14H2,(H,35,39)(H,36,42)/t21-,22-,24+,25-,26+,27+,28-/m1/s1. The number of halogens is 1. The summed E-state index contributed by atoms with van der Waals surface area (Å²) in [6.45, 7) is -0.212. The topological polar surface area (TPSA) is 129 Å². The molecule has 0 spiro atoms. The first-order valence-corrected chi connectivity index (χ1v) is 17.1. The molecule has 7 atom stereocenters. The van der Waals surface area contributed by atoms with Gasteiger partial charge < -0.3 is 20.1 Å². The van der Waals surface area contributed by atoms with Gasteiger partial charge in [-0.2, -0.15) is 0 Å². The SMILES string of the molecule is O=C(COc1cccc([C@@H]2c3sc(=O)[nH]c3S[C@@H]3[C@@H]4C[C@@H]([C@@H]5C(=O)N(c6ccc(Br)cc6)C(=O)[C@@H]45)[C@H]23)c1)Nc1ccc(O)cc1. The molecular formula is C33H26BrN3O6S2. The molecule has 3 N–H and O–H groups in total. The Labute approximate surface area is 274 Å². The molecular weight excluding hydrogens is 678 g/mol. The number of nitrogens with zero attached hydrogens (tertiary/aromatic N) is 1. The number of hydrogen-bond acceptors (Lipinski definition) is 8. The lowest BCUT2D eigenvalue weighted by atomic mass is 9.68. The molecule has 4 aromatic rings. The van der Waals surface area contributed by atoms with Gasteiger partial charge in [0, 0.05) is 26.2 Å². The number of benzene rings is 3. The number of imide groups is 1. The van der Waals surface area contributed by atoms with Gasteiger partial charge in [-0.15, -0.1) is 11.8 Å². The Morgan fingerprint density at radius 3 is 2.49 bits per heavy atom. The number of rotatable bonds is 6. The summed E-state index contributed by atoms with van der Waals surface area (Å²) >= 11 is 6.28. The first kappa shape index (κ1) is 28.6. The van der Waals surface area contributed by atoms with Gasteiger partial charge >= 0.3 is 4.87 Å². The van der Waals surface area contributed by atoms with Gasteiger partial charge in [0.05, 0.1) is 22.5 Å². The highest BCUT2D eigenvalue weighted by Crippen LogP contribution is 2.68. The fraction of sp³-hybridized carbons (Fsp3) is 0.273. The van der Waals surface area contributed by atoms with E-state index in [1.54, 1.807) is 42.1 Å². The van der Waals surface area contributed by atoms with Crippen LogP contribution in [0.15, 0.2) is 87.1 Å². The lowest BCUT2D eigenvalue weighted by Gasteiger charge is -2.43. The molecule has 9 nitrogen and oxygen atoms in total. The Balaban J connectivity index is 1.08. The highest BCUT2D eigenvalue weighted by Gasteiger charge is 2.69. The highest BCUT2D eigenvalue weighted by molar-refractivity contribution is 9.10. The van der Waals surface area contributed by atoms with Gasteiger partial charge in [0.25, 0.3) is 5.91 Å². The van der Waals surface area contributed by atoms with Crippen LogP contribution < -0.4 is 19.8 Å². The number of thioether (sulfide) groups is 1. The number of fused-ring (bicyclic) bond motifs is 9. The Kier molecular flexibility index (Phi) is 6.92. The van der Waals surface area contributed by atoms with Crippen molar-refractivity contribution in [1.82, 2.24) is 4.98 Å². The quantitative estimate of drug-likeness (QED) is 0.176. The number of phenolic OH excluding ortho intramolecular Hbond substituents is 1. The number of thiazole rings is 1. The molecule has 1 aromatic heterocycles. The molecule has 4 aliphatic rings. The second-order valence-corrected chi connectivity index (χ2v) is 15.0. The minimum Gasteiger partial charge on any atom is -0.508 e. The van der Waals surface area contributed by atoms with E-state index in [9.17, 15) is 24.3 Å². The molecule has 8 rings (SSSR count). The van der Waals surface area contributed by atoms with Crippen molar-refractivity contribution < 1.29 is 24.2 Å². The Bertz CT molecular complexity index is 1910. The zero-order valence-electron chi connectivity index (χ0n) is 23.5. The molecule has 228 valence electrons. The molecule has 2 bridgehead atoms. The maximum atomic E-state index is 14.0. The molecule has 0 radical (unpaired) electrons. The molecule has 1 saturated heterocycles. The number of ether oxygens (including phenoxy) is 1. The third kappa shape index (κ3) is 4.72. The van der Waals surface area contributed by atoms with E-state index in [2.05, 4.69) is 26.2 Å². The van der Waals surface area contributed by atoms with Crippen LogP contribution in [0, 0.1) is 29.6 Å². The molecule has 2 aliphatic heterocycles. The number of aromatic nitrogens is 1. The van der Waals surface area contributed by atoms with E-state index in [0.29, 0.717) is 17.1 Å². The van der Waals surface area contributed by atoms with E-state index in [1.165, 1.54) is 28.4 Å². The maximum absolute atomic E-state index is 14.0. The fourth-order valence-electron chi connectivity index (χ4n) is 7.92. The van der Waals surface area contributed by atoms with Crippen LogP contribution in [0.3, 0.4) is 0 Å². The van der Waals surface area contributed by atoms with E-state index in [1.807, 2.05) is 30.3 Å². The van der Waals surface area contributed by atoms with Crippen LogP contribution in [0.4, 0.5) is 11.4 Å². The molecule has 3 fully saturated rings. The lowest BCUT2D eigenvalue weighted by molar-refractivity contribution is -0.123. The smallest absolute Gasteiger partial charge is 0.305 e. The van der Waals surface area contributed by atoms with Crippen molar-refractivity contribution in [2.75, 3.05) is 16.8 Å². The summed E-state index contributed by atoms with van der Waals surface area (Å²) in [6.07, 6.45) is 0.798. The molecule has 3 amide bonds. The van der Waals surface area contributed by atoms with Crippen molar-refractivity contribution in [1.29, 1.82) is 0 Å². The number of aromatic hydroxyl groups is 1. The van der Waals surface area contributed by atoms with Crippen molar-refractivity contribution in [3.8, 4) is 11.5 Å². The van der Waals surface area contributed by atoms with Gasteiger partial charge in [-0.1, -0.05) is 39.4 Å². The van der Waals surface area contributed by atoms with Crippen LogP contribution in [0.25, 0.3) is 0 Å². The summed E-state index contributed by atoms with van der Waals surface area (Å²) in [5, 5.41) is 13.1. The average Bonchev–Trinajstić information content (AvgIpc) is 3.77. The summed E-state index contributed by atoms with van der Waals surface area (Å²) in [5.41, 5.74) is 2.09. The van der Waals surface area contributed by atoms with Crippen molar-refractivity contribution in [2.45, 2.75) is 22.6 Å². The van der Waals surface area contributed by atoms with Crippen molar-refractivity contribution >= 4 is 68.1 Å². The van der Waals surface area contributed by atoms with Gasteiger partial charge in [-0.25, -0.2) is 0 Å². The summed E-state index contributed by atoms with van der Waals surface area (Å²) < 4.78 is 6.77. The van der Waals surface area contributed by atoms with E-state index >= 15 is 0 Å². The number of H-pyrrole nitrogens is 1. The van der Waals surface area contributed by atoms with Crippen LogP contribution in [0.2, 0.25) is 0 Å². The number of hydrogen-bond donors (Lipinski definition) is 3. The van der Waals surface area contributed by atoms with E-state index in [0.717, 1.165) is 26.4 Å². The normalized spacial score (nSPS) is 27.7. The van der Waals surface area contributed by atoms with Crippen LogP contribution >= 0.6 is 39.0 Å². The molecule has 12 heteroatoms. The van der Waals surface area contributed by atoms with Gasteiger partial charge in [0.1, 0.15) is 11.5 Å². The summed E-state index contributed by atoms with van der Waals surface area (Å²) in [5.74, 6) is -0.832. The lowest BCUT2D eigenvalue weighted by Crippen LogP contribution is -2.42. The van der Waals surface area contributed by atoms with Crippen molar-refractivity contribution in [3.05, 3.63) is 97.4 Å². The zero-order chi connectivity index (χ0) is 31.0. The summed E-state index contributed by atoms with van der Waals surface area (Å²) in [4.78, 5) is 58.2. The number of nitrogens with one attached hydrogen (secondary N) is 2. The molecule has 0 unspecified atom stereocenters. The van der Waals surface area contributed by atoms with Crippen LogP contribution in [-0.2, 0) is 14.4 Å². The highest BCUT2D eigenvalue weighted by atomic mass is 79.9.